The van der Waals surface area contributed by atoms with E-state index in [1.807, 2.05) is 30.3 Å². The fraction of sp³-hybridized carbons (Fsp3) is 0.174. The van der Waals surface area contributed by atoms with Gasteiger partial charge in [0.05, 0.1) is 17.4 Å². The topological polar surface area (TPSA) is 47.3 Å². The second-order valence-corrected chi connectivity index (χ2v) is 7.81. The highest BCUT2D eigenvalue weighted by Crippen LogP contribution is 2.41. The molecule has 1 heterocycles. The third kappa shape index (κ3) is 4.00. The van der Waals surface area contributed by atoms with E-state index in [0.29, 0.717) is 15.8 Å². The van der Waals surface area contributed by atoms with Crippen LogP contribution >= 0.6 is 11.8 Å². The SMILES string of the molecule is CSc1ccccc1OCC(O)(c1ccc2c(cnn2-c2ccccc2)c1)C(F)(F)F. The maximum atomic E-state index is 14.0. The maximum Gasteiger partial charge on any atom is 0.424 e. The van der Waals surface area contributed by atoms with Gasteiger partial charge in [0, 0.05) is 10.3 Å². The molecule has 0 aliphatic rings. The lowest BCUT2D eigenvalue weighted by Crippen LogP contribution is -2.47. The minimum Gasteiger partial charge on any atom is -0.489 e. The fourth-order valence-corrected chi connectivity index (χ4v) is 3.86. The van der Waals surface area contributed by atoms with Gasteiger partial charge in [-0.2, -0.15) is 18.3 Å². The Kier molecular flexibility index (Phi) is 5.68. The summed E-state index contributed by atoms with van der Waals surface area (Å²) in [7, 11) is 0. The van der Waals surface area contributed by atoms with E-state index in [1.54, 1.807) is 35.2 Å². The van der Waals surface area contributed by atoms with Gasteiger partial charge in [-0.1, -0.05) is 36.4 Å². The van der Waals surface area contributed by atoms with Crippen molar-refractivity contribution < 1.29 is 23.0 Å². The highest BCUT2D eigenvalue weighted by Gasteiger charge is 2.56. The van der Waals surface area contributed by atoms with E-state index in [-0.39, 0.29) is 11.3 Å². The molecule has 8 heteroatoms. The summed E-state index contributed by atoms with van der Waals surface area (Å²) in [6.45, 7) is -0.966. The average Bonchev–Trinajstić information content (AvgIpc) is 3.20. The van der Waals surface area contributed by atoms with E-state index < -0.39 is 18.4 Å². The number of rotatable bonds is 6. The van der Waals surface area contributed by atoms with E-state index in [0.717, 1.165) is 5.69 Å². The number of alkyl halides is 3. The molecular weight excluding hydrogens is 425 g/mol. The highest BCUT2D eigenvalue weighted by molar-refractivity contribution is 7.98. The number of nitrogens with zero attached hydrogens (tertiary/aromatic N) is 2. The van der Waals surface area contributed by atoms with Crippen molar-refractivity contribution >= 4 is 22.7 Å². The molecule has 0 radical (unpaired) electrons. The van der Waals surface area contributed by atoms with Crippen molar-refractivity contribution in [2.75, 3.05) is 12.9 Å². The summed E-state index contributed by atoms with van der Waals surface area (Å²) in [5, 5.41) is 15.5. The van der Waals surface area contributed by atoms with Gasteiger partial charge in [0.1, 0.15) is 12.4 Å². The first kappa shape index (κ1) is 21.3. The number of hydrogen-bond acceptors (Lipinski definition) is 4. The molecule has 0 aliphatic heterocycles. The molecule has 1 unspecified atom stereocenters. The van der Waals surface area contributed by atoms with Crippen LogP contribution in [-0.2, 0) is 5.60 Å². The molecule has 0 saturated carbocycles. The lowest BCUT2D eigenvalue weighted by atomic mass is 9.93. The first-order valence-corrected chi connectivity index (χ1v) is 10.6. The minimum absolute atomic E-state index is 0.288. The third-order valence-electron chi connectivity index (χ3n) is 5.02. The van der Waals surface area contributed by atoms with Crippen LogP contribution in [0.15, 0.2) is 83.9 Å². The maximum absolute atomic E-state index is 14.0. The number of benzene rings is 3. The van der Waals surface area contributed by atoms with Gasteiger partial charge in [0.2, 0.25) is 5.60 Å². The van der Waals surface area contributed by atoms with E-state index >= 15 is 0 Å². The standard InChI is InChI=1S/C23H19F3N2O2S/c1-31-21-10-6-5-9-20(21)30-15-22(29,23(24,25)26)17-11-12-19-16(13-17)14-27-28(19)18-7-3-2-4-8-18/h2-14,29H,15H2,1H3. The molecule has 4 aromatic rings. The molecule has 31 heavy (non-hydrogen) atoms. The summed E-state index contributed by atoms with van der Waals surface area (Å²) in [6.07, 6.45) is -1.66. The zero-order valence-electron chi connectivity index (χ0n) is 16.5. The van der Waals surface area contributed by atoms with Crippen LogP contribution in [-0.4, -0.2) is 33.9 Å². The first-order chi connectivity index (χ1) is 14.8. The van der Waals surface area contributed by atoms with E-state index in [9.17, 15) is 18.3 Å². The summed E-state index contributed by atoms with van der Waals surface area (Å²) in [5.74, 6) is 0.288. The van der Waals surface area contributed by atoms with Gasteiger partial charge in [0.15, 0.2) is 0 Å². The summed E-state index contributed by atoms with van der Waals surface area (Å²) in [5.41, 5.74) is -2.06. The molecule has 4 nitrogen and oxygen atoms in total. The Labute approximate surface area is 181 Å². The second-order valence-electron chi connectivity index (χ2n) is 6.96. The molecule has 0 spiro atoms. The normalized spacial score (nSPS) is 13.8. The monoisotopic (exact) mass is 444 g/mol. The van der Waals surface area contributed by atoms with Crippen molar-refractivity contribution in [3.63, 3.8) is 0 Å². The van der Waals surface area contributed by atoms with Gasteiger partial charge in [-0.05, 0) is 48.2 Å². The van der Waals surface area contributed by atoms with Crippen LogP contribution < -0.4 is 4.74 Å². The molecule has 4 rings (SSSR count). The molecule has 0 amide bonds. The lowest BCUT2D eigenvalue weighted by molar-refractivity contribution is -0.275. The third-order valence-corrected chi connectivity index (χ3v) is 5.80. The number of para-hydroxylation sites is 2. The summed E-state index contributed by atoms with van der Waals surface area (Å²) >= 11 is 1.35. The number of halogens is 3. The van der Waals surface area contributed by atoms with Gasteiger partial charge in [0.25, 0.3) is 0 Å². The van der Waals surface area contributed by atoms with Crippen LogP contribution in [0.1, 0.15) is 5.56 Å². The van der Waals surface area contributed by atoms with Gasteiger partial charge >= 0.3 is 6.18 Å². The molecule has 0 saturated heterocycles. The van der Waals surface area contributed by atoms with Crippen LogP contribution in [0, 0.1) is 0 Å². The predicted octanol–water partition coefficient (Wildman–Crippen LogP) is 5.58. The fourth-order valence-electron chi connectivity index (χ4n) is 3.31. The number of fused-ring (bicyclic) bond motifs is 1. The quantitative estimate of drug-likeness (QED) is 0.395. The lowest BCUT2D eigenvalue weighted by Gasteiger charge is -2.31. The van der Waals surface area contributed by atoms with Crippen LogP contribution in [0.2, 0.25) is 0 Å². The van der Waals surface area contributed by atoms with Crippen molar-refractivity contribution in [1.82, 2.24) is 9.78 Å². The number of thioether (sulfide) groups is 1. The Hall–Kier alpha value is -2.97. The zero-order chi connectivity index (χ0) is 22.1. The highest BCUT2D eigenvalue weighted by atomic mass is 32.2. The van der Waals surface area contributed by atoms with Crippen molar-refractivity contribution in [2.24, 2.45) is 0 Å². The van der Waals surface area contributed by atoms with Crippen molar-refractivity contribution in [1.29, 1.82) is 0 Å². The molecule has 1 aromatic heterocycles. The van der Waals surface area contributed by atoms with E-state index in [1.165, 1.54) is 36.2 Å². The Morgan fingerprint density at radius 1 is 1.00 bits per heavy atom. The van der Waals surface area contributed by atoms with Gasteiger partial charge < -0.3 is 9.84 Å². The molecule has 1 N–H and O–H groups in total. The van der Waals surface area contributed by atoms with Crippen molar-refractivity contribution in [3.8, 4) is 11.4 Å². The van der Waals surface area contributed by atoms with Crippen molar-refractivity contribution in [2.45, 2.75) is 16.7 Å². The van der Waals surface area contributed by atoms with E-state index in [4.69, 9.17) is 4.74 Å². The average molecular weight is 444 g/mol. The Morgan fingerprint density at radius 3 is 2.42 bits per heavy atom. The minimum atomic E-state index is -4.94. The smallest absolute Gasteiger partial charge is 0.424 e. The predicted molar refractivity (Wildman–Crippen MR) is 115 cm³/mol. The zero-order valence-corrected chi connectivity index (χ0v) is 17.3. The molecule has 160 valence electrons. The van der Waals surface area contributed by atoms with Crippen molar-refractivity contribution in [3.05, 3.63) is 84.6 Å². The van der Waals surface area contributed by atoms with Crippen LogP contribution in [0.5, 0.6) is 5.75 Å². The van der Waals surface area contributed by atoms with Gasteiger partial charge in [-0.15, -0.1) is 11.8 Å². The molecule has 0 fully saturated rings. The van der Waals surface area contributed by atoms with Gasteiger partial charge in [-0.25, -0.2) is 4.68 Å². The Morgan fingerprint density at radius 2 is 1.71 bits per heavy atom. The number of hydrogen-bond donors (Lipinski definition) is 1. The molecular formula is C23H19F3N2O2S. The summed E-state index contributed by atoms with van der Waals surface area (Å²) in [6, 6.07) is 20.1. The molecule has 1 atom stereocenters. The first-order valence-electron chi connectivity index (χ1n) is 9.42. The summed E-state index contributed by atoms with van der Waals surface area (Å²) < 4.78 is 49.1. The Balaban J connectivity index is 1.71. The van der Waals surface area contributed by atoms with E-state index in [2.05, 4.69) is 5.10 Å². The molecule has 0 bridgehead atoms. The summed E-state index contributed by atoms with van der Waals surface area (Å²) in [4.78, 5) is 0.687. The van der Waals surface area contributed by atoms with Crippen LogP contribution in [0.25, 0.3) is 16.6 Å². The van der Waals surface area contributed by atoms with Gasteiger partial charge in [-0.3, -0.25) is 0 Å². The number of ether oxygens (including phenoxy) is 1. The number of aromatic nitrogens is 2. The van der Waals surface area contributed by atoms with Crippen LogP contribution in [0.3, 0.4) is 0 Å². The largest absolute Gasteiger partial charge is 0.489 e. The Bertz CT molecular complexity index is 1190. The molecule has 0 aliphatic carbocycles. The molecule has 3 aromatic carbocycles. The van der Waals surface area contributed by atoms with Crippen LogP contribution in [0.4, 0.5) is 13.2 Å². The number of aliphatic hydroxyl groups is 1. The second kappa shape index (κ2) is 8.28.